The third kappa shape index (κ3) is 1.13. The van der Waals surface area contributed by atoms with E-state index in [0.717, 1.165) is 12.8 Å². The van der Waals surface area contributed by atoms with Crippen molar-refractivity contribution in [3.63, 3.8) is 0 Å². The lowest BCUT2D eigenvalue weighted by Gasteiger charge is -2.45. The first-order chi connectivity index (χ1) is 8.33. The predicted octanol–water partition coefficient (Wildman–Crippen LogP) is 3.43. The molecule has 2 aliphatic rings. The Balaban J connectivity index is 2.17. The van der Waals surface area contributed by atoms with Gasteiger partial charge in [0.1, 0.15) is 5.75 Å². The lowest BCUT2D eigenvalue weighted by molar-refractivity contribution is -0.0969. The molecule has 0 amide bonds. The second-order valence-electron chi connectivity index (χ2n) is 6.87. The number of phenols is 1. The molecular formula is C16H22O2. The molecule has 3 atom stereocenters. The fraction of sp³-hybridized carbons (Fsp3) is 0.625. The van der Waals surface area contributed by atoms with Gasteiger partial charge in [-0.1, -0.05) is 39.0 Å². The standard InChI is InChI=1S/C16H22O2/c1-14(2)11-8-9-15(14,3)16(18,10-11)12-6-4-5-7-13(12)17/h4-7,11,17-18H,8-10H2,1-3H3/t11-,15-,16+/m1/s1. The molecule has 0 radical (unpaired) electrons. The Kier molecular flexibility index (Phi) is 2.20. The zero-order chi connectivity index (χ0) is 13.2. The summed E-state index contributed by atoms with van der Waals surface area (Å²) in [6.45, 7) is 6.72. The van der Waals surface area contributed by atoms with Gasteiger partial charge in [-0.2, -0.15) is 0 Å². The molecule has 1 aromatic rings. The molecule has 2 N–H and O–H groups in total. The van der Waals surface area contributed by atoms with Crippen LogP contribution in [0.25, 0.3) is 0 Å². The number of hydrogen-bond donors (Lipinski definition) is 2. The van der Waals surface area contributed by atoms with Crippen molar-refractivity contribution in [2.24, 2.45) is 16.7 Å². The number of fused-ring (bicyclic) bond motifs is 2. The second kappa shape index (κ2) is 3.30. The minimum Gasteiger partial charge on any atom is -0.508 e. The van der Waals surface area contributed by atoms with E-state index in [9.17, 15) is 10.2 Å². The van der Waals surface area contributed by atoms with E-state index in [0.29, 0.717) is 11.5 Å². The minimum atomic E-state index is -0.884. The lowest BCUT2D eigenvalue weighted by Crippen LogP contribution is -2.44. The summed E-state index contributed by atoms with van der Waals surface area (Å²) in [4.78, 5) is 0. The SMILES string of the molecule is CC1(C)[C@@H]2CC[C@@]1(C)[C@@](O)(c1ccccc1O)C2. The predicted molar refractivity (Wildman–Crippen MR) is 71.2 cm³/mol. The highest BCUT2D eigenvalue weighted by atomic mass is 16.3. The van der Waals surface area contributed by atoms with Gasteiger partial charge in [-0.25, -0.2) is 0 Å². The van der Waals surface area contributed by atoms with Crippen molar-refractivity contribution < 1.29 is 10.2 Å². The highest BCUT2D eigenvalue weighted by Crippen LogP contribution is 2.73. The molecule has 2 heteroatoms. The molecule has 98 valence electrons. The van der Waals surface area contributed by atoms with E-state index in [1.165, 1.54) is 6.42 Å². The molecule has 0 unspecified atom stereocenters. The fourth-order valence-corrected chi connectivity index (χ4v) is 4.51. The summed E-state index contributed by atoms with van der Waals surface area (Å²) in [5.41, 5.74) is -0.194. The topological polar surface area (TPSA) is 40.5 Å². The molecule has 3 rings (SSSR count). The Bertz CT molecular complexity index is 494. The van der Waals surface area contributed by atoms with Crippen molar-refractivity contribution in [2.75, 3.05) is 0 Å². The van der Waals surface area contributed by atoms with E-state index in [1.54, 1.807) is 6.07 Å². The molecule has 2 nitrogen and oxygen atoms in total. The zero-order valence-electron chi connectivity index (χ0n) is 11.4. The number of phenolic OH excluding ortho intramolecular Hbond substituents is 1. The van der Waals surface area contributed by atoms with Crippen LogP contribution in [0.3, 0.4) is 0 Å². The summed E-state index contributed by atoms with van der Waals surface area (Å²) in [6.07, 6.45) is 3.00. The zero-order valence-corrected chi connectivity index (χ0v) is 11.4. The Labute approximate surface area is 109 Å². The number of aromatic hydroxyl groups is 1. The average molecular weight is 246 g/mol. The maximum absolute atomic E-state index is 11.3. The van der Waals surface area contributed by atoms with Crippen molar-refractivity contribution in [3.05, 3.63) is 29.8 Å². The monoisotopic (exact) mass is 246 g/mol. The highest BCUT2D eigenvalue weighted by molar-refractivity contribution is 5.41. The third-order valence-electron chi connectivity index (χ3n) is 6.24. The van der Waals surface area contributed by atoms with Crippen molar-refractivity contribution >= 4 is 0 Å². The van der Waals surface area contributed by atoms with Gasteiger partial charge >= 0.3 is 0 Å². The Morgan fingerprint density at radius 1 is 1.17 bits per heavy atom. The first kappa shape index (κ1) is 12.0. The van der Waals surface area contributed by atoms with E-state index in [4.69, 9.17) is 0 Å². The van der Waals surface area contributed by atoms with Gasteiger partial charge in [0.05, 0.1) is 5.60 Å². The first-order valence-electron chi connectivity index (χ1n) is 6.84. The third-order valence-corrected chi connectivity index (χ3v) is 6.24. The van der Waals surface area contributed by atoms with Crippen LogP contribution in [0.4, 0.5) is 0 Å². The Morgan fingerprint density at radius 3 is 2.33 bits per heavy atom. The van der Waals surface area contributed by atoms with Crippen molar-refractivity contribution in [3.8, 4) is 5.75 Å². The van der Waals surface area contributed by atoms with Crippen molar-refractivity contribution in [1.82, 2.24) is 0 Å². The quantitative estimate of drug-likeness (QED) is 0.797. The molecule has 0 spiro atoms. The van der Waals surface area contributed by atoms with E-state index in [1.807, 2.05) is 18.2 Å². The number of hydrogen-bond acceptors (Lipinski definition) is 2. The van der Waals surface area contributed by atoms with Gasteiger partial charge in [-0.15, -0.1) is 0 Å². The van der Waals surface area contributed by atoms with Gasteiger partial charge in [0.25, 0.3) is 0 Å². The van der Waals surface area contributed by atoms with Crippen LogP contribution in [-0.4, -0.2) is 10.2 Å². The van der Waals surface area contributed by atoms with Crippen LogP contribution >= 0.6 is 0 Å². The van der Waals surface area contributed by atoms with Crippen LogP contribution in [0, 0.1) is 16.7 Å². The van der Waals surface area contributed by atoms with Crippen LogP contribution in [0.5, 0.6) is 5.75 Å². The lowest BCUT2D eigenvalue weighted by atomic mass is 9.62. The smallest absolute Gasteiger partial charge is 0.121 e. The molecule has 18 heavy (non-hydrogen) atoms. The summed E-state index contributed by atoms with van der Waals surface area (Å²) in [5.74, 6) is 0.775. The van der Waals surface area contributed by atoms with E-state index in [2.05, 4.69) is 20.8 Å². The van der Waals surface area contributed by atoms with Gasteiger partial charge in [-0.05, 0) is 36.7 Å². The minimum absolute atomic E-state index is 0.129. The Hall–Kier alpha value is -1.02. The summed E-state index contributed by atoms with van der Waals surface area (Å²) < 4.78 is 0. The highest BCUT2D eigenvalue weighted by Gasteiger charge is 2.69. The molecule has 0 heterocycles. The molecule has 2 bridgehead atoms. The van der Waals surface area contributed by atoms with E-state index >= 15 is 0 Å². The van der Waals surface area contributed by atoms with Gasteiger partial charge in [0.2, 0.25) is 0 Å². The fourth-order valence-electron chi connectivity index (χ4n) is 4.51. The summed E-state index contributed by atoms with van der Waals surface area (Å²) in [6, 6.07) is 7.26. The van der Waals surface area contributed by atoms with E-state index < -0.39 is 5.60 Å². The van der Waals surface area contributed by atoms with Gasteiger partial charge < -0.3 is 10.2 Å². The molecule has 1 aromatic carbocycles. The molecular weight excluding hydrogens is 224 g/mol. The van der Waals surface area contributed by atoms with Crippen LogP contribution < -0.4 is 0 Å². The number of aliphatic hydroxyl groups is 1. The van der Waals surface area contributed by atoms with Crippen molar-refractivity contribution in [2.45, 2.75) is 45.6 Å². The number of rotatable bonds is 1. The van der Waals surface area contributed by atoms with Crippen LogP contribution in [-0.2, 0) is 5.60 Å². The second-order valence-corrected chi connectivity index (χ2v) is 6.87. The normalized spacial score (nSPS) is 41.2. The molecule has 2 fully saturated rings. The van der Waals surface area contributed by atoms with Crippen LogP contribution in [0.2, 0.25) is 0 Å². The Morgan fingerprint density at radius 2 is 1.83 bits per heavy atom. The first-order valence-corrected chi connectivity index (χ1v) is 6.84. The number of benzene rings is 1. The van der Waals surface area contributed by atoms with Crippen molar-refractivity contribution in [1.29, 1.82) is 0 Å². The summed E-state index contributed by atoms with van der Waals surface area (Å²) >= 11 is 0. The molecule has 0 aliphatic heterocycles. The molecule has 0 aromatic heterocycles. The maximum atomic E-state index is 11.3. The largest absolute Gasteiger partial charge is 0.508 e. The summed E-state index contributed by atoms with van der Waals surface area (Å²) in [7, 11) is 0. The average Bonchev–Trinajstić information content (AvgIpc) is 2.61. The van der Waals surface area contributed by atoms with Gasteiger partial charge in [0.15, 0.2) is 0 Å². The number of para-hydroxylation sites is 1. The molecule has 2 aliphatic carbocycles. The summed E-state index contributed by atoms with van der Waals surface area (Å²) in [5, 5.41) is 21.4. The van der Waals surface area contributed by atoms with Crippen LogP contribution in [0.1, 0.15) is 45.6 Å². The molecule has 0 saturated heterocycles. The maximum Gasteiger partial charge on any atom is 0.121 e. The van der Waals surface area contributed by atoms with E-state index in [-0.39, 0.29) is 16.6 Å². The van der Waals surface area contributed by atoms with Crippen LogP contribution in [0.15, 0.2) is 24.3 Å². The van der Waals surface area contributed by atoms with Gasteiger partial charge in [0, 0.05) is 11.0 Å². The molecule has 2 saturated carbocycles. The van der Waals surface area contributed by atoms with Gasteiger partial charge in [-0.3, -0.25) is 0 Å².